The van der Waals surface area contributed by atoms with E-state index in [-0.39, 0.29) is 0 Å². The molecule has 0 amide bonds. The minimum absolute atomic E-state index is 0.748. The van der Waals surface area contributed by atoms with Crippen molar-refractivity contribution < 1.29 is 4.74 Å². The van der Waals surface area contributed by atoms with E-state index in [1.54, 1.807) is 0 Å². The second-order valence-corrected chi connectivity index (χ2v) is 4.83. The van der Waals surface area contributed by atoms with Crippen LogP contribution in [0.3, 0.4) is 0 Å². The number of ether oxygens (including phenoxy) is 1. The van der Waals surface area contributed by atoms with Crippen molar-refractivity contribution in [2.24, 2.45) is 5.92 Å². The molecule has 0 spiro atoms. The Balaban J connectivity index is 1.91. The van der Waals surface area contributed by atoms with Gasteiger partial charge in [-0.3, -0.25) is 4.90 Å². The highest BCUT2D eigenvalue weighted by Crippen LogP contribution is 2.29. The average Bonchev–Trinajstić information content (AvgIpc) is 2.48. The van der Waals surface area contributed by atoms with Gasteiger partial charge in [-0.1, -0.05) is 13.8 Å². The summed E-state index contributed by atoms with van der Waals surface area (Å²) in [6.45, 7) is 7.75. The first-order valence-corrected chi connectivity index (χ1v) is 5.61. The molecule has 0 bridgehead atoms. The number of hydrogen-bond donors (Lipinski definition) is 0. The topological polar surface area (TPSA) is 12.5 Å². The molecule has 13 heavy (non-hydrogen) atoms. The Morgan fingerprint density at radius 1 is 1.38 bits per heavy atom. The summed E-state index contributed by atoms with van der Waals surface area (Å²) in [4.78, 5) is 2.68. The van der Waals surface area contributed by atoms with E-state index in [1.165, 1.54) is 25.8 Å². The van der Waals surface area contributed by atoms with Gasteiger partial charge in [-0.2, -0.15) is 0 Å². The van der Waals surface area contributed by atoms with Crippen LogP contribution in [0.2, 0.25) is 0 Å². The third-order valence-electron chi connectivity index (χ3n) is 3.32. The minimum atomic E-state index is 0.748. The van der Waals surface area contributed by atoms with Gasteiger partial charge in [0.15, 0.2) is 0 Å². The third kappa shape index (κ3) is 2.05. The second-order valence-electron chi connectivity index (χ2n) is 4.83. The maximum atomic E-state index is 5.50. The molecule has 2 unspecified atom stereocenters. The molecule has 0 saturated carbocycles. The lowest BCUT2D eigenvalue weighted by Gasteiger charge is -2.34. The predicted molar refractivity (Wildman–Crippen MR) is 53.8 cm³/mol. The van der Waals surface area contributed by atoms with Gasteiger partial charge in [-0.15, -0.1) is 0 Å². The Morgan fingerprint density at radius 3 is 3.00 bits per heavy atom. The first kappa shape index (κ1) is 9.47. The molecular formula is C11H21NO. The standard InChI is InChI=1S/C11H21NO/c1-9(2)7-10-3-4-11-8-13-6-5-12(10)11/h9-11H,3-8H2,1-2H3. The largest absolute Gasteiger partial charge is 0.378 e. The van der Waals surface area contributed by atoms with Crippen LogP contribution in [0.25, 0.3) is 0 Å². The molecule has 0 N–H and O–H groups in total. The smallest absolute Gasteiger partial charge is 0.0622 e. The summed E-state index contributed by atoms with van der Waals surface area (Å²) < 4.78 is 5.50. The lowest BCUT2D eigenvalue weighted by atomic mass is 10.0. The molecule has 2 atom stereocenters. The summed E-state index contributed by atoms with van der Waals surface area (Å²) in [5, 5.41) is 0. The molecule has 0 aromatic rings. The second kappa shape index (κ2) is 3.97. The van der Waals surface area contributed by atoms with Crippen LogP contribution in [0.15, 0.2) is 0 Å². The Kier molecular flexibility index (Phi) is 2.89. The van der Waals surface area contributed by atoms with E-state index in [9.17, 15) is 0 Å². The third-order valence-corrected chi connectivity index (χ3v) is 3.32. The molecule has 2 nitrogen and oxygen atoms in total. The van der Waals surface area contributed by atoms with Crippen molar-refractivity contribution in [1.29, 1.82) is 0 Å². The number of fused-ring (bicyclic) bond motifs is 1. The first-order chi connectivity index (χ1) is 6.27. The summed E-state index contributed by atoms with van der Waals surface area (Å²) in [6.07, 6.45) is 4.13. The molecular weight excluding hydrogens is 162 g/mol. The SMILES string of the molecule is CC(C)CC1CCC2COCCN21. The van der Waals surface area contributed by atoms with Crippen LogP contribution in [0.5, 0.6) is 0 Å². The fraction of sp³-hybridized carbons (Fsp3) is 1.00. The summed E-state index contributed by atoms with van der Waals surface area (Å²) >= 11 is 0. The lowest BCUT2D eigenvalue weighted by molar-refractivity contribution is -0.00554. The van der Waals surface area contributed by atoms with Crippen molar-refractivity contribution >= 4 is 0 Å². The molecule has 0 radical (unpaired) electrons. The molecule has 76 valence electrons. The average molecular weight is 183 g/mol. The van der Waals surface area contributed by atoms with Gasteiger partial charge < -0.3 is 4.74 Å². The van der Waals surface area contributed by atoms with Crippen LogP contribution in [0.4, 0.5) is 0 Å². The molecule has 0 aromatic carbocycles. The van der Waals surface area contributed by atoms with Crippen LogP contribution in [0, 0.1) is 5.92 Å². The zero-order valence-corrected chi connectivity index (χ0v) is 8.83. The van der Waals surface area contributed by atoms with Gasteiger partial charge in [0.25, 0.3) is 0 Å². The van der Waals surface area contributed by atoms with Gasteiger partial charge in [0, 0.05) is 18.6 Å². The number of hydrogen-bond acceptors (Lipinski definition) is 2. The van der Waals surface area contributed by atoms with Crippen LogP contribution in [0.1, 0.15) is 33.1 Å². The van der Waals surface area contributed by atoms with Gasteiger partial charge >= 0.3 is 0 Å². The summed E-state index contributed by atoms with van der Waals surface area (Å²) in [6, 6.07) is 1.60. The highest BCUT2D eigenvalue weighted by molar-refractivity contribution is 4.89. The van der Waals surface area contributed by atoms with Crippen LogP contribution < -0.4 is 0 Å². The van der Waals surface area contributed by atoms with Crippen molar-refractivity contribution in [2.45, 2.75) is 45.2 Å². The van der Waals surface area contributed by atoms with E-state index >= 15 is 0 Å². The van der Waals surface area contributed by atoms with Gasteiger partial charge in [0.2, 0.25) is 0 Å². The van der Waals surface area contributed by atoms with E-state index < -0.39 is 0 Å². The van der Waals surface area contributed by atoms with E-state index in [2.05, 4.69) is 18.7 Å². The lowest BCUT2D eigenvalue weighted by Crippen LogP contribution is -2.45. The molecule has 0 aliphatic carbocycles. The summed E-state index contributed by atoms with van der Waals surface area (Å²) in [7, 11) is 0. The molecule has 2 aliphatic heterocycles. The quantitative estimate of drug-likeness (QED) is 0.648. The maximum absolute atomic E-state index is 5.50. The monoisotopic (exact) mass is 183 g/mol. The predicted octanol–water partition coefficient (Wildman–Crippen LogP) is 1.90. The highest BCUT2D eigenvalue weighted by atomic mass is 16.5. The van der Waals surface area contributed by atoms with E-state index in [0.717, 1.165) is 31.2 Å². The molecule has 2 aliphatic rings. The number of nitrogens with zero attached hydrogens (tertiary/aromatic N) is 1. The van der Waals surface area contributed by atoms with Crippen molar-refractivity contribution in [3.63, 3.8) is 0 Å². The first-order valence-electron chi connectivity index (χ1n) is 5.61. The van der Waals surface area contributed by atoms with Gasteiger partial charge in [0.05, 0.1) is 13.2 Å². The van der Waals surface area contributed by atoms with Gasteiger partial charge in [-0.25, -0.2) is 0 Å². The van der Waals surface area contributed by atoms with E-state index in [4.69, 9.17) is 4.74 Å². The Morgan fingerprint density at radius 2 is 2.23 bits per heavy atom. The normalized spacial score (nSPS) is 35.3. The summed E-state index contributed by atoms with van der Waals surface area (Å²) in [5.41, 5.74) is 0. The number of morpholine rings is 1. The fourth-order valence-corrected chi connectivity index (χ4v) is 2.75. The van der Waals surface area contributed by atoms with Gasteiger partial charge in [-0.05, 0) is 25.2 Å². The minimum Gasteiger partial charge on any atom is -0.378 e. The zero-order valence-electron chi connectivity index (χ0n) is 8.83. The van der Waals surface area contributed by atoms with Gasteiger partial charge in [0.1, 0.15) is 0 Å². The van der Waals surface area contributed by atoms with Crippen molar-refractivity contribution in [3.8, 4) is 0 Å². The van der Waals surface area contributed by atoms with Crippen molar-refractivity contribution in [3.05, 3.63) is 0 Å². The fourth-order valence-electron chi connectivity index (χ4n) is 2.75. The molecule has 0 aromatic heterocycles. The maximum Gasteiger partial charge on any atom is 0.0622 e. The molecule has 2 saturated heterocycles. The molecule has 2 rings (SSSR count). The Bertz CT molecular complexity index is 169. The Labute approximate surface area is 81.3 Å². The van der Waals surface area contributed by atoms with E-state index in [0.29, 0.717) is 0 Å². The highest BCUT2D eigenvalue weighted by Gasteiger charge is 2.35. The molecule has 2 fully saturated rings. The molecule has 2 heteroatoms. The zero-order chi connectivity index (χ0) is 9.26. The summed E-state index contributed by atoms with van der Waals surface area (Å²) in [5.74, 6) is 0.839. The van der Waals surface area contributed by atoms with Crippen LogP contribution in [-0.2, 0) is 4.74 Å². The number of rotatable bonds is 2. The Hall–Kier alpha value is -0.0800. The van der Waals surface area contributed by atoms with Crippen molar-refractivity contribution in [1.82, 2.24) is 4.90 Å². The van der Waals surface area contributed by atoms with Crippen LogP contribution in [-0.4, -0.2) is 36.7 Å². The van der Waals surface area contributed by atoms with E-state index in [1.807, 2.05) is 0 Å². The molecule has 2 heterocycles. The van der Waals surface area contributed by atoms with Crippen LogP contribution >= 0.6 is 0 Å². The van der Waals surface area contributed by atoms with Crippen molar-refractivity contribution in [2.75, 3.05) is 19.8 Å².